The molecule has 8 heteroatoms. The maximum atomic E-state index is 12.9. The fourth-order valence-electron chi connectivity index (χ4n) is 3.23. The van der Waals surface area contributed by atoms with Gasteiger partial charge in [0, 0.05) is 25.0 Å². The molecule has 0 spiro atoms. The van der Waals surface area contributed by atoms with Crippen molar-refractivity contribution in [3.05, 3.63) is 40.7 Å². The Morgan fingerprint density at radius 2 is 1.96 bits per heavy atom. The Morgan fingerprint density at radius 1 is 1.25 bits per heavy atom. The second-order valence-corrected chi connectivity index (χ2v) is 8.34. The van der Waals surface area contributed by atoms with E-state index in [0.29, 0.717) is 35.8 Å². The van der Waals surface area contributed by atoms with Crippen LogP contribution < -0.4 is 10.6 Å². The molecule has 3 amide bonds. The van der Waals surface area contributed by atoms with E-state index < -0.39 is 0 Å². The molecule has 0 bridgehead atoms. The number of hydrogen-bond acceptors (Lipinski definition) is 5. The van der Waals surface area contributed by atoms with Crippen LogP contribution in [0.5, 0.6) is 0 Å². The second-order valence-electron chi connectivity index (χ2n) is 7.28. The van der Waals surface area contributed by atoms with E-state index in [1.807, 2.05) is 20.8 Å². The topological polar surface area (TPSA) is 91.7 Å². The zero-order valence-corrected chi connectivity index (χ0v) is 17.1. The predicted octanol–water partition coefficient (Wildman–Crippen LogP) is 3.28. The van der Waals surface area contributed by atoms with Gasteiger partial charge in [0.15, 0.2) is 5.76 Å². The Balaban J connectivity index is 1.60. The van der Waals surface area contributed by atoms with Crippen LogP contribution in [0.4, 0.5) is 5.00 Å². The average molecular weight is 404 g/mol. The molecule has 0 unspecified atom stereocenters. The van der Waals surface area contributed by atoms with E-state index >= 15 is 0 Å². The van der Waals surface area contributed by atoms with Crippen LogP contribution in [0, 0.1) is 12.8 Å². The molecule has 1 saturated heterocycles. The lowest BCUT2D eigenvalue weighted by Crippen LogP contribution is -2.44. The molecule has 1 aliphatic heterocycles. The van der Waals surface area contributed by atoms with Crippen molar-refractivity contribution in [3.63, 3.8) is 0 Å². The van der Waals surface area contributed by atoms with Crippen molar-refractivity contribution >= 4 is 34.1 Å². The molecule has 0 aromatic carbocycles. The fraction of sp³-hybridized carbons (Fsp3) is 0.450. The average Bonchev–Trinajstić information content (AvgIpc) is 3.30. The fourth-order valence-corrected chi connectivity index (χ4v) is 4.26. The van der Waals surface area contributed by atoms with Crippen LogP contribution in [0.2, 0.25) is 0 Å². The van der Waals surface area contributed by atoms with Gasteiger partial charge in [-0.3, -0.25) is 14.4 Å². The number of hydrogen-bond donors (Lipinski definition) is 2. The summed E-state index contributed by atoms with van der Waals surface area (Å²) in [5.41, 5.74) is 0.824. The molecule has 2 aromatic rings. The van der Waals surface area contributed by atoms with Gasteiger partial charge >= 0.3 is 0 Å². The summed E-state index contributed by atoms with van der Waals surface area (Å²) < 4.78 is 5.09. The molecule has 2 N–H and O–H groups in total. The number of anilines is 1. The summed E-state index contributed by atoms with van der Waals surface area (Å²) in [6.45, 7) is 6.85. The summed E-state index contributed by atoms with van der Waals surface area (Å²) in [6.07, 6.45) is 2.77. The third kappa shape index (κ3) is 4.62. The van der Waals surface area contributed by atoms with Gasteiger partial charge in [-0.1, -0.05) is 0 Å². The normalized spacial score (nSPS) is 14.9. The first-order valence-electron chi connectivity index (χ1n) is 9.40. The summed E-state index contributed by atoms with van der Waals surface area (Å²) >= 11 is 1.26. The van der Waals surface area contributed by atoms with Crippen molar-refractivity contribution in [2.45, 2.75) is 39.7 Å². The molecule has 2 aromatic heterocycles. The molecule has 1 aliphatic rings. The van der Waals surface area contributed by atoms with Crippen LogP contribution in [0.3, 0.4) is 0 Å². The third-order valence-electron chi connectivity index (χ3n) is 4.68. The first kappa shape index (κ1) is 20.1. The molecule has 0 saturated carbocycles. The first-order valence-corrected chi connectivity index (χ1v) is 10.2. The Morgan fingerprint density at radius 3 is 2.57 bits per heavy atom. The highest BCUT2D eigenvalue weighted by Gasteiger charge is 2.29. The number of furan rings is 1. The van der Waals surface area contributed by atoms with E-state index in [4.69, 9.17) is 4.42 Å². The predicted molar refractivity (Wildman–Crippen MR) is 108 cm³/mol. The second kappa shape index (κ2) is 8.60. The van der Waals surface area contributed by atoms with E-state index in [2.05, 4.69) is 10.6 Å². The first-order chi connectivity index (χ1) is 13.3. The van der Waals surface area contributed by atoms with E-state index in [0.717, 1.165) is 5.56 Å². The van der Waals surface area contributed by atoms with Crippen LogP contribution in [0.1, 0.15) is 52.5 Å². The smallest absolute Gasteiger partial charge is 0.291 e. The van der Waals surface area contributed by atoms with Crippen molar-refractivity contribution in [1.82, 2.24) is 10.2 Å². The summed E-state index contributed by atoms with van der Waals surface area (Å²) in [4.78, 5) is 39.6. The van der Waals surface area contributed by atoms with Gasteiger partial charge in [0.1, 0.15) is 0 Å². The van der Waals surface area contributed by atoms with Crippen molar-refractivity contribution < 1.29 is 18.8 Å². The van der Waals surface area contributed by atoms with Gasteiger partial charge in [0.2, 0.25) is 5.91 Å². The Kier molecular flexibility index (Phi) is 6.18. The van der Waals surface area contributed by atoms with Gasteiger partial charge in [-0.15, -0.1) is 11.3 Å². The molecule has 150 valence electrons. The van der Waals surface area contributed by atoms with Crippen LogP contribution >= 0.6 is 11.3 Å². The summed E-state index contributed by atoms with van der Waals surface area (Å²) in [6, 6.07) is 5.15. The van der Waals surface area contributed by atoms with E-state index in [9.17, 15) is 14.4 Å². The molecule has 3 heterocycles. The van der Waals surface area contributed by atoms with Crippen molar-refractivity contribution in [2.75, 3.05) is 18.4 Å². The number of piperidine rings is 1. The van der Waals surface area contributed by atoms with E-state index in [1.165, 1.54) is 17.6 Å². The van der Waals surface area contributed by atoms with E-state index in [-0.39, 0.29) is 35.4 Å². The molecule has 0 atom stereocenters. The van der Waals surface area contributed by atoms with Crippen LogP contribution in [0.15, 0.2) is 28.9 Å². The van der Waals surface area contributed by atoms with Gasteiger partial charge in [-0.2, -0.15) is 0 Å². The SMILES string of the molecule is Cc1cc(NC(=O)c2ccco2)sc1C(=O)N1CCC(C(=O)NC(C)C)CC1. The Hall–Kier alpha value is -2.61. The summed E-state index contributed by atoms with van der Waals surface area (Å²) in [5.74, 6) is -0.150. The van der Waals surface area contributed by atoms with Crippen LogP contribution in [-0.4, -0.2) is 41.8 Å². The lowest BCUT2D eigenvalue weighted by Gasteiger charge is -2.31. The molecule has 3 rings (SSSR count). The van der Waals surface area contributed by atoms with Crippen LogP contribution in [0.25, 0.3) is 0 Å². The van der Waals surface area contributed by atoms with Crippen LogP contribution in [-0.2, 0) is 4.79 Å². The molecule has 1 fully saturated rings. The monoisotopic (exact) mass is 403 g/mol. The highest BCUT2D eigenvalue weighted by Crippen LogP contribution is 2.29. The van der Waals surface area contributed by atoms with Gasteiger partial charge < -0.3 is 20.0 Å². The molecular formula is C20H25N3O4S. The number of aryl methyl sites for hydroxylation is 1. The highest BCUT2D eigenvalue weighted by atomic mass is 32.1. The number of nitrogens with zero attached hydrogens (tertiary/aromatic N) is 1. The van der Waals surface area contributed by atoms with E-state index in [1.54, 1.807) is 23.1 Å². The maximum absolute atomic E-state index is 12.9. The minimum Gasteiger partial charge on any atom is -0.459 e. The number of carbonyl (C=O) groups excluding carboxylic acids is 3. The van der Waals surface area contributed by atoms with Gasteiger partial charge in [-0.05, 0) is 57.4 Å². The molecule has 0 aliphatic carbocycles. The van der Waals surface area contributed by atoms with Crippen molar-refractivity contribution in [1.29, 1.82) is 0 Å². The lowest BCUT2D eigenvalue weighted by atomic mass is 9.95. The molecule has 7 nitrogen and oxygen atoms in total. The maximum Gasteiger partial charge on any atom is 0.291 e. The molecular weight excluding hydrogens is 378 g/mol. The van der Waals surface area contributed by atoms with Crippen molar-refractivity contribution in [3.8, 4) is 0 Å². The Labute approximate surface area is 168 Å². The number of amides is 3. The Bertz CT molecular complexity index is 849. The zero-order valence-electron chi connectivity index (χ0n) is 16.3. The van der Waals surface area contributed by atoms with Crippen molar-refractivity contribution in [2.24, 2.45) is 5.92 Å². The summed E-state index contributed by atoms with van der Waals surface area (Å²) in [5, 5.41) is 6.31. The quantitative estimate of drug-likeness (QED) is 0.801. The lowest BCUT2D eigenvalue weighted by molar-refractivity contribution is -0.126. The minimum absolute atomic E-state index is 0.0426. The number of nitrogens with one attached hydrogen (secondary N) is 2. The molecule has 0 radical (unpaired) electrons. The minimum atomic E-state index is -0.345. The van der Waals surface area contributed by atoms with Gasteiger partial charge in [0.05, 0.1) is 16.1 Å². The highest BCUT2D eigenvalue weighted by molar-refractivity contribution is 7.18. The number of rotatable bonds is 5. The zero-order chi connectivity index (χ0) is 20.3. The van der Waals surface area contributed by atoms with Gasteiger partial charge in [-0.25, -0.2) is 0 Å². The summed E-state index contributed by atoms with van der Waals surface area (Å²) in [7, 11) is 0. The molecule has 28 heavy (non-hydrogen) atoms. The largest absolute Gasteiger partial charge is 0.459 e. The number of thiophene rings is 1. The third-order valence-corrected chi connectivity index (χ3v) is 5.82. The number of carbonyl (C=O) groups is 3. The van der Waals surface area contributed by atoms with Gasteiger partial charge in [0.25, 0.3) is 11.8 Å². The standard InChI is InChI=1S/C20H25N3O4S/c1-12(2)21-18(24)14-6-8-23(9-7-14)20(26)17-13(3)11-16(28-17)22-19(25)15-5-4-10-27-15/h4-5,10-12,14H,6-9H2,1-3H3,(H,21,24)(H,22,25). The number of likely N-dealkylation sites (tertiary alicyclic amines) is 1.